The second kappa shape index (κ2) is 9.20. The Hall–Kier alpha value is -1.59. The third kappa shape index (κ3) is 5.19. The Labute approximate surface area is 154 Å². The van der Waals surface area contributed by atoms with Crippen molar-refractivity contribution < 1.29 is 19.1 Å². The Morgan fingerprint density at radius 3 is 2.84 bits per heavy atom. The number of rotatable bonds is 7. The first kappa shape index (κ1) is 19.7. The van der Waals surface area contributed by atoms with Gasteiger partial charge in [0.25, 0.3) is 0 Å². The zero-order valence-corrected chi connectivity index (χ0v) is 15.7. The topological polar surface area (TPSA) is 55.8 Å². The minimum absolute atomic E-state index is 0.0151. The molecule has 1 aromatic carbocycles. The first-order valence-corrected chi connectivity index (χ1v) is 9.07. The zero-order chi connectivity index (χ0) is 18.3. The molecule has 1 fully saturated rings. The fourth-order valence-corrected chi connectivity index (χ4v) is 3.61. The van der Waals surface area contributed by atoms with Gasteiger partial charge in [0.2, 0.25) is 5.91 Å². The van der Waals surface area contributed by atoms with Crippen LogP contribution in [0.3, 0.4) is 0 Å². The van der Waals surface area contributed by atoms with Gasteiger partial charge in [-0.2, -0.15) is 0 Å². The summed E-state index contributed by atoms with van der Waals surface area (Å²) in [5.41, 5.74) is 0.258. The van der Waals surface area contributed by atoms with E-state index < -0.39 is 5.41 Å². The SMILES string of the molecule is CCOC(=O)[C@@]1(Cc2cccc(Cl)c2)CCCN(C(=O)CCOC)C1. The first-order chi connectivity index (χ1) is 12.0. The molecule has 0 bridgehead atoms. The van der Waals surface area contributed by atoms with Gasteiger partial charge in [-0.1, -0.05) is 23.7 Å². The zero-order valence-electron chi connectivity index (χ0n) is 14.9. The lowest BCUT2D eigenvalue weighted by Crippen LogP contribution is -2.51. The van der Waals surface area contributed by atoms with Crippen LogP contribution >= 0.6 is 11.6 Å². The maximum absolute atomic E-state index is 12.8. The second-order valence-electron chi connectivity index (χ2n) is 6.47. The van der Waals surface area contributed by atoms with Crippen LogP contribution in [0.2, 0.25) is 5.02 Å². The van der Waals surface area contributed by atoms with E-state index in [1.807, 2.05) is 24.3 Å². The molecule has 2 rings (SSSR count). The minimum Gasteiger partial charge on any atom is -0.466 e. The maximum Gasteiger partial charge on any atom is 0.314 e. The molecule has 1 heterocycles. The van der Waals surface area contributed by atoms with Crippen molar-refractivity contribution in [1.82, 2.24) is 4.90 Å². The van der Waals surface area contributed by atoms with E-state index in [0.717, 1.165) is 12.0 Å². The lowest BCUT2D eigenvalue weighted by molar-refractivity contribution is -0.161. The van der Waals surface area contributed by atoms with Gasteiger partial charge in [0.15, 0.2) is 0 Å². The number of likely N-dealkylation sites (tertiary alicyclic amines) is 1. The van der Waals surface area contributed by atoms with Gasteiger partial charge in [0.05, 0.1) is 25.0 Å². The number of esters is 1. The molecule has 0 aromatic heterocycles. The Bertz CT molecular complexity index is 607. The fourth-order valence-electron chi connectivity index (χ4n) is 3.40. The number of amides is 1. The summed E-state index contributed by atoms with van der Waals surface area (Å²) in [5, 5.41) is 0.639. The molecule has 0 saturated carbocycles. The monoisotopic (exact) mass is 367 g/mol. The summed E-state index contributed by atoms with van der Waals surface area (Å²) >= 11 is 6.09. The van der Waals surface area contributed by atoms with Gasteiger partial charge in [-0.15, -0.1) is 0 Å². The summed E-state index contributed by atoms with van der Waals surface area (Å²) in [6.07, 6.45) is 2.32. The van der Waals surface area contributed by atoms with E-state index in [1.165, 1.54) is 0 Å². The summed E-state index contributed by atoms with van der Waals surface area (Å²) in [5.74, 6) is -0.222. The van der Waals surface area contributed by atoms with Crippen molar-refractivity contribution in [3.8, 4) is 0 Å². The van der Waals surface area contributed by atoms with Crippen LogP contribution in [-0.2, 0) is 25.5 Å². The number of halogens is 1. The van der Waals surface area contributed by atoms with Crippen molar-refractivity contribution in [3.63, 3.8) is 0 Å². The van der Waals surface area contributed by atoms with Crippen LogP contribution in [0.1, 0.15) is 31.7 Å². The minimum atomic E-state index is -0.721. The summed E-state index contributed by atoms with van der Waals surface area (Å²) in [6.45, 7) is 3.55. The molecule has 1 saturated heterocycles. The molecule has 6 heteroatoms. The van der Waals surface area contributed by atoms with Crippen LogP contribution in [0.25, 0.3) is 0 Å². The molecule has 1 aromatic rings. The van der Waals surface area contributed by atoms with Crippen molar-refractivity contribution in [3.05, 3.63) is 34.9 Å². The van der Waals surface area contributed by atoms with E-state index >= 15 is 0 Å². The third-order valence-corrected chi connectivity index (χ3v) is 4.82. The number of carbonyl (C=O) groups excluding carboxylic acids is 2. The van der Waals surface area contributed by atoms with Gasteiger partial charge >= 0.3 is 5.97 Å². The lowest BCUT2D eigenvalue weighted by Gasteiger charge is -2.41. The van der Waals surface area contributed by atoms with Crippen LogP contribution in [0.15, 0.2) is 24.3 Å². The predicted octanol–water partition coefficient (Wildman–Crippen LogP) is 3.09. The normalized spacial score (nSPS) is 20.4. The standard InChI is InChI=1S/C19H26ClNO4/c1-3-25-18(23)19(13-15-6-4-7-16(20)12-15)9-5-10-21(14-19)17(22)8-11-24-2/h4,6-7,12H,3,5,8-11,13-14H2,1-2H3/t19-/m1/s1. The number of nitrogens with zero attached hydrogens (tertiary/aromatic N) is 1. The number of piperidine rings is 1. The molecule has 0 radical (unpaired) electrons. The van der Waals surface area contributed by atoms with Gasteiger partial charge in [-0.05, 0) is 43.9 Å². The lowest BCUT2D eigenvalue weighted by atomic mass is 9.75. The van der Waals surface area contributed by atoms with Gasteiger partial charge in [0.1, 0.15) is 0 Å². The van der Waals surface area contributed by atoms with E-state index in [4.69, 9.17) is 21.1 Å². The van der Waals surface area contributed by atoms with E-state index in [-0.39, 0.29) is 11.9 Å². The molecule has 5 nitrogen and oxygen atoms in total. The van der Waals surface area contributed by atoms with Crippen molar-refractivity contribution in [2.24, 2.45) is 5.41 Å². The van der Waals surface area contributed by atoms with E-state index in [2.05, 4.69) is 0 Å². The number of benzene rings is 1. The number of carbonyl (C=O) groups is 2. The smallest absolute Gasteiger partial charge is 0.314 e. The van der Waals surface area contributed by atoms with Gasteiger partial charge < -0.3 is 14.4 Å². The molecule has 1 aliphatic heterocycles. The molecule has 138 valence electrons. The van der Waals surface area contributed by atoms with E-state index in [1.54, 1.807) is 18.9 Å². The Morgan fingerprint density at radius 2 is 2.16 bits per heavy atom. The molecule has 0 aliphatic carbocycles. The molecule has 0 N–H and O–H groups in total. The molecule has 25 heavy (non-hydrogen) atoms. The average molecular weight is 368 g/mol. The molecule has 1 aliphatic rings. The summed E-state index contributed by atoms with van der Waals surface area (Å²) in [7, 11) is 1.57. The highest BCUT2D eigenvalue weighted by molar-refractivity contribution is 6.30. The molecular weight excluding hydrogens is 342 g/mol. The summed E-state index contributed by atoms with van der Waals surface area (Å²) < 4.78 is 10.4. The van der Waals surface area contributed by atoms with E-state index in [9.17, 15) is 9.59 Å². The van der Waals surface area contributed by atoms with Gasteiger partial charge in [-0.25, -0.2) is 0 Å². The largest absolute Gasteiger partial charge is 0.466 e. The molecular formula is C19H26ClNO4. The average Bonchev–Trinajstić information content (AvgIpc) is 2.60. The number of ether oxygens (including phenoxy) is 2. The van der Waals surface area contributed by atoms with Crippen LogP contribution < -0.4 is 0 Å². The number of hydrogen-bond donors (Lipinski definition) is 0. The van der Waals surface area contributed by atoms with Gasteiger partial charge in [-0.3, -0.25) is 9.59 Å². The number of hydrogen-bond acceptors (Lipinski definition) is 4. The van der Waals surface area contributed by atoms with Crippen molar-refractivity contribution in [2.75, 3.05) is 33.4 Å². The predicted molar refractivity (Wildman–Crippen MR) is 96.5 cm³/mol. The van der Waals surface area contributed by atoms with Crippen LogP contribution in [0, 0.1) is 5.41 Å². The highest BCUT2D eigenvalue weighted by atomic mass is 35.5. The molecule has 1 atom stereocenters. The molecule has 0 unspecified atom stereocenters. The summed E-state index contributed by atoms with van der Waals surface area (Å²) in [6, 6.07) is 7.51. The second-order valence-corrected chi connectivity index (χ2v) is 6.91. The highest BCUT2D eigenvalue weighted by Gasteiger charge is 2.44. The quantitative estimate of drug-likeness (QED) is 0.695. The Kier molecular flexibility index (Phi) is 7.26. The first-order valence-electron chi connectivity index (χ1n) is 8.69. The van der Waals surface area contributed by atoms with Crippen molar-refractivity contribution in [1.29, 1.82) is 0 Å². The van der Waals surface area contributed by atoms with E-state index in [0.29, 0.717) is 50.6 Å². The van der Waals surface area contributed by atoms with Crippen LogP contribution in [0.5, 0.6) is 0 Å². The third-order valence-electron chi connectivity index (χ3n) is 4.59. The Morgan fingerprint density at radius 1 is 1.36 bits per heavy atom. The molecule has 0 spiro atoms. The van der Waals surface area contributed by atoms with Crippen LogP contribution in [0.4, 0.5) is 0 Å². The molecule has 1 amide bonds. The summed E-state index contributed by atoms with van der Waals surface area (Å²) in [4.78, 5) is 26.9. The van der Waals surface area contributed by atoms with Crippen molar-refractivity contribution >= 4 is 23.5 Å². The van der Waals surface area contributed by atoms with Crippen LogP contribution in [-0.4, -0.2) is 50.2 Å². The van der Waals surface area contributed by atoms with Crippen molar-refractivity contribution in [2.45, 2.75) is 32.6 Å². The number of methoxy groups -OCH3 is 1. The fraction of sp³-hybridized carbons (Fsp3) is 0.579. The maximum atomic E-state index is 12.8. The Balaban J connectivity index is 2.22. The highest BCUT2D eigenvalue weighted by Crippen LogP contribution is 2.36. The van der Waals surface area contributed by atoms with Gasteiger partial charge in [0, 0.05) is 25.2 Å².